The summed E-state index contributed by atoms with van der Waals surface area (Å²) in [6, 6.07) is 0.963. The van der Waals surface area contributed by atoms with Crippen molar-refractivity contribution >= 4 is 57.6 Å². The van der Waals surface area contributed by atoms with Crippen LogP contribution in [-0.2, 0) is 41.0 Å². The predicted molar refractivity (Wildman–Crippen MR) is 158 cm³/mol. The first-order chi connectivity index (χ1) is 18.1. The third kappa shape index (κ3) is 17.2. The second kappa shape index (κ2) is 16.7. The van der Waals surface area contributed by atoms with E-state index in [0.29, 0.717) is 0 Å². The highest BCUT2D eigenvalue weighted by Gasteiger charge is 2.52. The van der Waals surface area contributed by atoms with E-state index in [1.807, 2.05) is 39.3 Å². The van der Waals surface area contributed by atoms with Gasteiger partial charge < -0.3 is 37.1 Å². The van der Waals surface area contributed by atoms with Crippen LogP contribution in [0.3, 0.4) is 0 Å². The highest BCUT2D eigenvalue weighted by Crippen LogP contribution is 2.35. The minimum absolute atomic E-state index is 0.110. The van der Waals surface area contributed by atoms with Crippen molar-refractivity contribution in [1.29, 1.82) is 0 Å². The maximum Gasteiger partial charge on any atom is 0.469 e. The fourth-order valence-corrected chi connectivity index (χ4v) is 20.9. The summed E-state index contributed by atoms with van der Waals surface area (Å²) in [5.41, 5.74) is 0.198. The quantitative estimate of drug-likeness (QED) is 0.0633. The molecule has 16 heteroatoms. The number of hydrogen-bond acceptors (Lipinski definition) is 9. The van der Waals surface area contributed by atoms with E-state index in [4.69, 9.17) is 21.8 Å². The molecule has 0 aliphatic carbocycles. The number of aliphatic carboxylic acids is 3. The van der Waals surface area contributed by atoms with Crippen LogP contribution in [0.25, 0.3) is 0 Å². The van der Waals surface area contributed by atoms with Gasteiger partial charge in [-0.25, -0.2) is 4.79 Å². The maximum absolute atomic E-state index is 12.3. The predicted octanol–water partition coefficient (Wildman–Crippen LogP) is 4.89. The van der Waals surface area contributed by atoms with Crippen LogP contribution in [0, 0.1) is 0 Å². The number of esters is 1. The summed E-state index contributed by atoms with van der Waals surface area (Å²) in [5, 5.41) is 27.9. The highest BCUT2D eigenvalue weighted by molar-refractivity contribution is 6.90. The van der Waals surface area contributed by atoms with E-state index >= 15 is 0 Å². The number of hydrogen-bond donors (Lipinski definition) is 3. The van der Waals surface area contributed by atoms with Gasteiger partial charge in [-0.05, 0) is 71.3 Å². The van der Waals surface area contributed by atoms with Crippen molar-refractivity contribution in [2.45, 2.75) is 109 Å². The lowest BCUT2D eigenvalue weighted by molar-refractivity contribution is -0.174. The fraction of sp³-hybridized carbons (Fsp3) is 0.750. The second-order valence-corrected chi connectivity index (χ2v) is 27.9. The molecule has 0 heterocycles. The Labute approximate surface area is 241 Å². The molecule has 0 fully saturated rings. The Morgan fingerprint density at radius 3 is 1.32 bits per heavy atom. The first kappa shape index (κ1) is 38.3. The summed E-state index contributed by atoms with van der Waals surface area (Å²) in [4.78, 5) is 46.3. The summed E-state index contributed by atoms with van der Waals surface area (Å²) in [5.74, 6) is -3.52. The van der Waals surface area contributed by atoms with Gasteiger partial charge in [0.15, 0.2) is 25.0 Å². The molecule has 0 radical (unpaired) electrons. The molecule has 0 aromatic rings. The van der Waals surface area contributed by atoms with Gasteiger partial charge in [-0.15, -0.1) is 0 Å². The van der Waals surface area contributed by atoms with Gasteiger partial charge in [0.25, 0.3) is 0 Å². The Morgan fingerprint density at radius 1 is 0.700 bits per heavy atom. The number of carboxylic acids is 3. The molecule has 0 spiro atoms. The number of carbonyl (C=O) groups excluding carboxylic acids is 1. The first-order valence-electron chi connectivity index (χ1n) is 13.4. The Balaban J connectivity index is 6.62. The Hall–Kier alpha value is -1.67. The van der Waals surface area contributed by atoms with Crippen LogP contribution in [0.4, 0.5) is 0 Å². The van der Waals surface area contributed by atoms with E-state index < -0.39 is 63.9 Å². The molecular formula is C24H48O12Si4. The van der Waals surface area contributed by atoms with Crippen LogP contribution >= 0.6 is 0 Å². The van der Waals surface area contributed by atoms with E-state index in [9.17, 15) is 34.5 Å². The Morgan fingerprint density at radius 2 is 1.05 bits per heavy atom. The largest absolute Gasteiger partial charge is 0.481 e. The maximum atomic E-state index is 12.3. The van der Waals surface area contributed by atoms with Gasteiger partial charge >= 0.3 is 32.7 Å². The number of ether oxygens (including phenoxy) is 2. The topological polar surface area (TPSA) is 175 Å². The van der Waals surface area contributed by atoms with Crippen molar-refractivity contribution in [2.24, 2.45) is 0 Å². The zero-order chi connectivity index (χ0) is 31.4. The molecule has 0 rings (SSSR count). The molecule has 1 atom stereocenters. The minimum Gasteiger partial charge on any atom is -0.481 e. The molecule has 0 aromatic heterocycles. The number of carboxylic acid groups (broad SMARTS) is 3. The Bertz CT molecular complexity index is 812. The lowest BCUT2D eigenvalue weighted by atomic mass is 10.3. The summed E-state index contributed by atoms with van der Waals surface area (Å²) in [6.07, 6.45) is -1.16. The lowest BCUT2D eigenvalue weighted by Crippen LogP contribution is -2.62. The van der Waals surface area contributed by atoms with Gasteiger partial charge in [-0.1, -0.05) is 6.58 Å². The fourth-order valence-electron chi connectivity index (χ4n) is 3.73. The van der Waals surface area contributed by atoms with Crippen molar-refractivity contribution in [2.75, 3.05) is 6.61 Å². The van der Waals surface area contributed by atoms with E-state index in [0.717, 1.165) is 0 Å². The van der Waals surface area contributed by atoms with Crippen LogP contribution in [0.15, 0.2) is 12.2 Å². The van der Waals surface area contributed by atoms with Gasteiger partial charge in [0.1, 0.15) is 0 Å². The second-order valence-electron chi connectivity index (χ2n) is 11.6. The molecule has 12 nitrogen and oxygen atoms in total. The average molecular weight is 641 g/mol. The molecule has 0 aliphatic heterocycles. The molecule has 0 aromatic carbocycles. The van der Waals surface area contributed by atoms with Crippen molar-refractivity contribution < 1.29 is 56.3 Å². The zero-order valence-electron chi connectivity index (χ0n) is 25.2. The monoisotopic (exact) mass is 640 g/mol. The SMILES string of the molecule is C=C(C)C(=O)OC(CC[Si](O[Si](C)(C)CCC(=O)O)(O[Si](C)(C)CCC(=O)O)O[Si](C)(C)CCC(=O)O)OCC. The van der Waals surface area contributed by atoms with Crippen LogP contribution in [0.2, 0.25) is 63.5 Å². The Kier molecular flexibility index (Phi) is 16.0. The molecule has 0 saturated heterocycles. The van der Waals surface area contributed by atoms with Crippen LogP contribution in [-0.4, -0.2) is 85.9 Å². The van der Waals surface area contributed by atoms with Gasteiger partial charge in [0.2, 0.25) is 6.29 Å². The van der Waals surface area contributed by atoms with E-state index in [1.54, 1.807) is 6.92 Å². The minimum atomic E-state index is -3.78. The molecule has 0 aliphatic rings. The van der Waals surface area contributed by atoms with Crippen molar-refractivity contribution in [3.8, 4) is 0 Å². The molecule has 0 saturated carbocycles. The van der Waals surface area contributed by atoms with Crippen LogP contribution in [0.1, 0.15) is 39.5 Å². The molecule has 0 bridgehead atoms. The van der Waals surface area contributed by atoms with E-state index in [2.05, 4.69) is 6.58 Å². The number of carbonyl (C=O) groups is 4. The van der Waals surface area contributed by atoms with Crippen LogP contribution < -0.4 is 0 Å². The molecule has 0 amide bonds. The summed E-state index contributed by atoms with van der Waals surface area (Å²) >= 11 is 0. The smallest absolute Gasteiger partial charge is 0.469 e. The standard InChI is InChI=1S/C24H48O12Si4/c1-10-32-23(33-24(31)19(2)3)14-18-40(34-37(4,5)15-11-20(25)26,35-38(6,7)16-12-21(27)28)36-39(8,9)17-13-22(29)30/h23H,2,10-18H2,1,3-9H3,(H,25,26)(H,27,28)(H,29,30). The molecule has 1 unspecified atom stereocenters. The normalized spacial score (nSPS) is 13.5. The average Bonchev–Trinajstić information content (AvgIpc) is 2.78. The molecule has 3 N–H and O–H groups in total. The summed E-state index contributed by atoms with van der Waals surface area (Å²) in [7, 11) is -12.0. The molecule has 40 heavy (non-hydrogen) atoms. The third-order valence-electron chi connectivity index (χ3n) is 5.74. The third-order valence-corrected chi connectivity index (χ3v) is 21.4. The van der Waals surface area contributed by atoms with Gasteiger partial charge in [-0.2, -0.15) is 0 Å². The highest BCUT2D eigenvalue weighted by atomic mass is 28.5. The lowest BCUT2D eigenvalue weighted by Gasteiger charge is -2.45. The van der Waals surface area contributed by atoms with Crippen molar-refractivity contribution in [3.05, 3.63) is 12.2 Å². The first-order valence-corrected chi connectivity index (χ1v) is 24.6. The summed E-state index contributed by atoms with van der Waals surface area (Å²) < 4.78 is 31.4. The van der Waals surface area contributed by atoms with Gasteiger partial charge in [0, 0.05) is 43.9 Å². The molecular weight excluding hydrogens is 593 g/mol. The van der Waals surface area contributed by atoms with E-state index in [1.165, 1.54) is 6.92 Å². The van der Waals surface area contributed by atoms with Crippen molar-refractivity contribution in [3.63, 3.8) is 0 Å². The van der Waals surface area contributed by atoms with Crippen LogP contribution in [0.5, 0.6) is 0 Å². The summed E-state index contributed by atoms with van der Waals surface area (Å²) in [6.45, 7) is 18.3. The van der Waals surface area contributed by atoms with Gasteiger partial charge in [0.05, 0.1) is 0 Å². The van der Waals surface area contributed by atoms with E-state index in [-0.39, 0.29) is 62.0 Å². The zero-order valence-corrected chi connectivity index (χ0v) is 29.2. The van der Waals surface area contributed by atoms with Gasteiger partial charge in [-0.3, -0.25) is 14.4 Å². The van der Waals surface area contributed by atoms with Crippen molar-refractivity contribution in [1.82, 2.24) is 0 Å². The molecule has 232 valence electrons. The number of rotatable bonds is 22.